The summed E-state index contributed by atoms with van der Waals surface area (Å²) in [6.45, 7) is -1.22. The standard InChI is InChI=1S/C17H26O12/c1-26-15(25)6-4-27-16(9-5(2-18)10(20)12(22)8(6)9)29-17-14(24)13(23)11(21)7(3-19)28-17/h4-5,7-14,16-24H,2-3H2,1H3/t5-,7-,8-,9+,10-,11-,12-,13+,14-,16+,17+/m1/s1. The first-order valence-corrected chi connectivity index (χ1v) is 9.13. The molecule has 12 heteroatoms. The van der Waals surface area contributed by atoms with E-state index in [2.05, 4.69) is 4.74 Å². The van der Waals surface area contributed by atoms with Crippen molar-refractivity contribution < 1.29 is 59.5 Å². The summed E-state index contributed by atoms with van der Waals surface area (Å²) in [5.74, 6) is -3.68. The molecule has 0 aromatic carbocycles. The normalized spacial score (nSPS) is 47.2. The molecule has 7 N–H and O–H groups in total. The van der Waals surface area contributed by atoms with Gasteiger partial charge in [0.25, 0.3) is 0 Å². The molecule has 3 rings (SSSR count). The lowest BCUT2D eigenvalue weighted by atomic mass is 9.82. The van der Waals surface area contributed by atoms with Crippen LogP contribution < -0.4 is 0 Å². The number of ether oxygens (including phenoxy) is 4. The summed E-state index contributed by atoms with van der Waals surface area (Å²) in [6.07, 6.45) is -10.9. The zero-order valence-corrected chi connectivity index (χ0v) is 15.5. The number of fused-ring (bicyclic) bond motifs is 1. The molecule has 0 radical (unpaired) electrons. The van der Waals surface area contributed by atoms with Crippen LogP contribution in [0, 0.1) is 17.8 Å². The molecule has 0 aromatic heterocycles. The van der Waals surface area contributed by atoms with E-state index in [4.69, 9.17) is 14.2 Å². The molecule has 0 spiro atoms. The summed E-state index contributed by atoms with van der Waals surface area (Å²) in [4.78, 5) is 12.0. The highest BCUT2D eigenvalue weighted by Gasteiger charge is 2.58. The second-order valence-corrected chi connectivity index (χ2v) is 7.33. The maximum Gasteiger partial charge on any atom is 0.337 e. The molecule has 2 fully saturated rings. The lowest BCUT2D eigenvalue weighted by molar-refractivity contribution is -0.343. The predicted molar refractivity (Wildman–Crippen MR) is 89.4 cm³/mol. The number of carbonyl (C=O) groups is 1. The van der Waals surface area contributed by atoms with Gasteiger partial charge >= 0.3 is 5.97 Å². The molecular formula is C17H26O12. The number of rotatable bonds is 5. The summed E-state index contributed by atoms with van der Waals surface area (Å²) >= 11 is 0. The molecule has 166 valence electrons. The van der Waals surface area contributed by atoms with Crippen LogP contribution in [0.4, 0.5) is 0 Å². The first kappa shape index (κ1) is 22.3. The Hall–Kier alpha value is -1.35. The molecule has 29 heavy (non-hydrogen) atoms. The SMILES string of the molecule is COC(=O)C1=CO[C@@H](O[C@@H]2O[C@H](CO)[C@@H](O)[C@H](O)[C@H]2O)[C@H]2[C@@H](CO)[C@@H](O)[C@H](O)[C@H]12. The molecule has 0 unspecified atom stereocenters. The Morgan fingerprint density at radius 3 is 2.24 bits per heavy atom. The molecule has 0 aromatic rings. The van der Waals surface area contributed by atoms with Gasteiger partial charge in [-0.3, -0.25) is 0 Å². The Kier molecular flexibility index (Phi) is 6.77. The van der Waals surface area contributed by atoms with Crippen molar-refractivity contribution in [2.45, 2.75) is 49.2 Å². The summed E-state index contributed by atoms with van der Waals surface area (Å²) in [6, 6.07) is 0. The molecule has 0 bridgehead atoms. The summed E-state index contributed by atoms with van der Waals surface area (Å²) in [5.41, 5.74) is -0.0614. The minimum absolute atomic E-state index is 0.0614. The van der Waals surface area contributed by atoms with Crippen LogP contribution in [0.1, 0.15) is 0 Å². The lowest BCUT2D eigenvalue weighted by Crippen LogP contribution is -2.60. The monoisotopic (exact) mass is 422 g/mol. The Bertz CT molecular complexity index is 624. The molecule has 0 amide bonds. The maximum absolute atomic E-state index is 12.0. The number of esters is 1. The fraction of sp³-hybridized carbons (Fsp3) is 0.824. The first-order chi connectivity index (χ1) is 13.8. The van der Waals surface area contributed by atoms with Crippen molar-refractivity contribution in [2.24, 2.45) is 17.8 Å². The molecule has 1 saturated heterocycles. The van der Waals surface area contributed by atoms with Gasteiger partial charge in [0.15, 0.2) is 6.29 Å². The van der Waals surface area contributed by atoms with Crippen molar-refractivity contribution >= 4 is 5.97 Å². The number of hydrogen-bond donors (Lipinski definition) is 7. The summed E-state index contributed by atoms with van der Waals surface area (Å²) in [7, 11) is 1.13. The average Bonchev–Trinajstić information content (AvgIpc) is 2.98. The second kappa shape index (κ2) is 8.79. The van der Waals surface area contributed by atoms with Crippen LogP contribution in [0.2, 0.25) is 0 Å². The van der Waals surface area contributed by atoms with Crippen LogP contribution in [-0.2, 0) is 23.7 Å². The fourth-order valence-corrected chi connectivity index (χ4v) is 4.23. The van der Waals surface area contributed by atoms with Crippen molar-refractivity contribution in [3.8, 4) is 0 Å². The molecule has 1 aliphatic carbocycles. The van der Waals surface area contributed by atoms with Crippen molar-refractivity contribution in [1.29, 1.82) is 0 Å². The minimum atomic E-state index is -1.70. The molecule has 2 aliphatic heterocycles. The average molecular weight is 422 g/mol. The number of aliphatic hydroxyl groups excluding tert-OH is 7. The maximum atomic E-state index is 12.0. The largest absolute Gasteiger partial charge is 0.472 e. The van der Waals surface area contributed by atoms with Gasteiger partial charge in [0.1, 0.15) is 24.4 Å². The van der Waals surface area contributed by atoms with Gasteiger partial charge in [0.05, 0.1) is 37.8 Å². The Balaban J connectivity index is 1.87. The van der Waals surface area contributed by atoms with E-state index in [0.29, 0.717) is 0 Å². The highest BCUT2D eigenvalue weighted by Crippen LogP contribution is 2.47. The van der Waals surface area contributed by atoms with Crippen molar-refractivity contribution in [2.75, 3.05) is 20.3 Å². The van der Waals surface area contributed by atoms with E-state index in [1.807, 2.05) is 0 Å². The van der Waals surface area contributed by atoms with Crippen molar-refractivity contribution in [3.63, 3.8) is 0 Å². The van der Waals surface area contributed by atoms with E-state index in [-0.39, 0.29) is 5.57 Å². The van der Waals surface area contributed by atoms with Crippen molar-refractivity contribution in [1.82, 2.24) is 0 Å². The first-order valence-electron chi connectivity index (χ1n) is 9.13. The van der Waals surface area contributed by atoms with Gasteiger partial charge in [-0.2, -0.15) is 0 Å². The lowest BCUT2D eigenvalue weighted by Gasteiger charge is -2.43. The zero-order chi connectivity index (χ0) is 21.5. The molecule has 1 saturated carbocycles. The molecule has 2 heterocycles. The number of methoxy groups -OCH3 is 1. The van der Waals surface area contributed by atoms with E-state index in [1.54, 1.807) is 0 Å². The Morgan fingerprint density at radius 2 is 1.66 bits per heavy atom. The predicted octanol–water partition coefficient (Wildman–Crippen LogP) is -4.21. The minimum Gasteiger partial charge on any atom is -0.472 e. The zero-order valence-electron chi connectivity index (χ0n) is 15.5. The number of hydrogen-bond acceptors (Lipinski definition) is 12. The van der Waals surface area contributed by atoms with E-state index in [1.165, 1.54) is 0 Å². The third-order valence-electron chi connectivity index (χ3n) is 5.82. The third kappa shape index (κ3) is 3.76. The van der Waals surface area contributed by atoms with Gasteiger partial charge in [0, 0.05) is 24.4 Å². The number of carbonyl (C=O) groups excluding carboxylic acids is 1. The topological polar surface area (TPSA) is 196 Å². The van der Waals surface area contributed by atoms with Gasteiger partial charge in [-0.25, -0.2) is 4.79 Å². The second-order valence-electron chi connectivity index (χ2n) is 7.33. The van der Waals surface area contributed by atoms with Crippen LogP contribution in [0.5, 0.6) is 0 Å². The van der Waals surface area contributed by atoms with Crippen LogP contribution >= 0.6 is 0 Å². The van der Waals surface area contributed by atoms with Crippen LogP contribution in [-0.4, -0.2) is 111 Å². The van der Waals surface area contributed by atoms with Crippen molar-refractivity contribution in [3.05, 3.63) is 11.8 Å². The van der Waals surface area contributed by atoms with Gasteiger partial charge in [-0.15, -0.1) is 0 Å². The van der Waals surface area contributed by atoms with E-state index in [9.17, 15) is 40.5 Å². The number of aliphatic hydroxyl groups is 7. The Labute approximate surface area is 165 Å². The fourth-order valence-electron chi connectivity index (χ4n) is 4.23. The van der Waals surface area contributed by atoms with Crippen LogP contribution in [0.3, 0.4) is 0 Å². The quantitative estimate of drug-likeness (QED) is 0.211. The highest BCUT2D eigenvalue weighted by molar-refractivity contribution is 5.89. The molecule has 3 aliphatic rings. The summed E-state index contributed by atoms with van der Waals surface area (Å²) in [5, 5.41) is 69.7. The summed E-state index contributed by atoms with van der Waals surface area (Å²) < 4.78 is 21.0. The smallest absolute Gasteiger partial charge is 0.337 e. The van der Waals surface area contributed by atoms with Crippen LogP contribution in [0.25, 0.3) is 0 Å². The molecular weight excluding hydrogens is 396 g/mol. The van der Waals surface area contributed by atoms with Gasteiger partial charge < -0.3 is 54.7 Å². The van der Waals surface area contributed by atoms with Gasteiger partial charge in [-0.05, 0) is 0 Å². The van der Waals surface area contributed by atoms with E-state index >= 15 is 0 Å². The van der Waals surface area contributed by atoms with E-state index in [0.717, 1.165) is 13.4 Å². The molecule has 11 atom stereocenters. The molecule has 12 nitrogen and oxygen atoms in total. The highest BCUT2D eigenvalue weighted by atomic mass is 16.8. The van der Waals surface area contributed by atoms with Crippen LogP contribution in [0.15, 0.2) is 11.8 Å². The van der Waals surface area contributed by atoms with E-state index < -0.39 is 86.1 Å². The van der Waals surface area contributed by atoms with Gasteiger partial charge in [-0.1, -0.05) is 0 Å². The third-order valence-corrected chi connectivity index (χ3v) is 5.82. The van der Waals surface area contributed by atoms with Gasteiger partial charge in [0.2, 0.25) is 6.29 Å². The Morgan fingerprint density at radius 1 is 0.966 bits per heavy atom.